The second-order valence-corrected chi connectivity index (χ2v) is 5.12. The van der Waals surface area contributed by atoms with Crippen LogP contribution in [0.25, 0.3) is 0 Å². The van der Waals surface area contributed by atoms with Crippen molar-refractivity contribution >= 4 is 6.21 Å². The quantitative estimate of drug-likeness (QED) is 0.814. The first kappa shape index (κ1) is 13.5. The summed E-state index contributed by atoms with van der Waals surface area (Å²) < 4.78 is 2.03. The van der Waals surface area contributed by atoms with Crippen LogP contribution in [0.15, 0.2) is 35.6 Å². The molecule has 94 valence electrons. The number of nitrogens with zero attached hydrogens (tertiary/aromatic N) is 3. The molecular formula is C13H22N4. The van der Waals surface area contributed by atoms with Crippen molar-refractivity contribution in [2.75, 3.05) is 0 Å². The molecule has 0 saturated heterocycles. The Bertz CT molecular complexity index is 382. The molecule has 0 saturated carbocycles. The summed E-state index contributed by atoms with van der Waals surface area (Å²) in [6.45, 7) is 8.33. The third kappa shape index (κ3) is 4.06. The fourth-order valence-electron chi connectivity index (χ4n) is 1.28. The largest absolute Gasteiger partial charge is 0.400 e. The van der Waals surface area contributed by atoms with Crippen molar-refractivity contribution in [2.24, 2.45) is 16.1 Å². The lowest BCUT2D eigenvalue weighted by molar-refractivity contribution is 0.496. The van der Waals surface area contributed by atoms with Crippen LogP contribution in [0.2, 0.25) is 0 Å². The molecule has 4 heteroatoms. The zero-order valence-electron chi connectivity index (χ0n) is 11.1. The normalized spacial score (nSPS) is 15.4. The van der Waals surface area contributed by atoms with Gasteiger partial charge in [-0.15, -0.1) is 0 Å². The molecule has 0 aliphatic carbocycles. The van der Waals surface area contributed by atoms with Gasteiger partial charge in [0.2, 0.25) is 0 Å². The Hall–Kier alpha value is -1.58. The maximum absolute atomic E-state index is 5.93. The molecule has 1 rings (SSSR count). The number of rotatable bonds is 4. The van der Waals surface area contributed by atoms with Crippen molar-refractivity contribution in [3.8, 4) is 0 Å². The lowest BCUT2D eigenvalue weighted by atomic mass is 9.93. The van der Waals surface area contributed by atoms with Crippen LogP contribution in [-0.2, 0) is 0 Å². The van der Waals surface area contributed by atoms with Crippen LogP contribution >= 0.6 is 0 Å². The number of hydrogen-bond acceptors (Lipinski definition) is 3. The molecule has 0 amide bonds. The highest BCUT2D eigenvalue weighted by molar-refractivity contribution is 5.63. The number of allylic oxidation sites excluding steroid dienone is 1. The van der Waals surface area contributed by atoms with Gasteiger partial charge in [-0.05, 0) is 6.42 Å². The molecule has 2 N–H and O–H groups in total. The average Bonchev–Trinajstić information content (AvgIpc) is 2.76. The van der Waals surface area contributed by atoms with Gasteiger partial charge < -0.3 is 10.3 Å². The summed E-state index contributed by atoms with van der Waals surface area (Å²) in [5.41, 5.74) is 6.68. The minimum atomic E-state index is -0.0337. The molecule has 0 fully saturated rings. The van der Waals surface area contributed by atoms with E-state index in [9.17, 15) is 0 Å². The first-order valence-electron chi connectivity index (χ1n) is 5.92. The first-order chi connectivity index (χ1) is 7.95. The van der Waals surface area contributed by atoms with Crippen molar-refractivity contribution in [2.45, 2.75) is 40.2 Å². The molecule has 0 aromatic carbocycles. The van der Waals surface area contributed by atoms with Crippen LogP contribution < -0.4 is 5.73 Å². The topological polar surface area (TPSA) is 56.2 Å². The second kappa shape index (κ2) is 5.66. The van der Waals surface area contributed by atoms with Gasteiger partial charge in [-0.1, -0.05) is 27.7 Å². The highest BCUT2D eigenvalue weighted by Gasteiger charge is 2.12. The van der Waals surface area contributed by atoms with E-state index < -0.39 is 0 Å². The number of aromatic nitrogens is 2. The number of aliphatic imine (C=N–C) groups is 1. The number of imidazole rings is 1. The predicted molar refractivity (Wildman–Crippen MR) is 71.8 cm³/mol. The summed E-state index contributed by atoms with van der Waals surface area (Å²) in [6.07, 6.45) is 10.1. The molecule has 0 aliphatic rings. The summed E-state index contributed by atoms with van der Waals surface area (Å²) in [7, 11) is 0. The van der Waals surface area contributed by atoms with Gasteiger partial charge in [0, 0.05) is 35.9 Å². The smallest absolute Gasteiger partial charge is 0.0952 e. The molecular weight excluding hydrogens is 212 g/mol. The minimum Gasteiger partial charge on any atom is -0.400 e. The van der Waals surface area contributed by atoms with Crippen molar-refractivity contribution in [1.82, 2.24) is 9.55 Å². The van der Waals surface area contributed by atoms with Crippen molar-refractivity contribution in [3.05, 3.63) is 30.6 Å². The molecule has 1 heterocycles. The fraction of sp³-hybridized carbons (Fsp3) is 0.538. The Morgan fingerprint density at radius 2 is 2.24 bits per heavy atom. The fourth-order valence-corrected chi connectivity index (χ4v) is 1.28. The van der Waals surface area contributed by atoms with E-state index in [-0.39, 0.29) is 11.5 Å². The van der Waals surface area contributed by atoms with E-state index in [1.54, 1.807) is 18.7 Å². The Balaban J connectivity index is 2.70. The lowest BCUT2D eigenvalue weighted by Crippen LogP contribution is -2.16. The van der Waals surface area contributed by atoms with Crippen molar-refractivity contribution in [3.63, 3.8) is 0 Å². The van der Waals surface area contributed by atoms with Crippen LogP contribution in [-0.4, -0.2) is 15.8 Å². The van der Waals surface area contributed by atoms with E-state index in [0.29, 0.717) is 0 Å². The van der Waals surface area contributed by atoms with Gasteiger partial charge in [0.05, 0.1) is 12.4 Å². The van der Waals surface area contributed by atoms with Gasteiger partial charge in [-0.2, -0.15) is 0 Å². The van der Waals surface area contributed by atoms with Gasteiger partial charge in [-0.25, -0.2) is 4.98 Å². The first-order valence-corrected chi connectivity index (χ1v) is 5.92. The molecule has 0 bridgehead atoms. The summed E-state index contributed by atoms with van der Waals surface area (Å²) in [6, 6.07) is 0.238. The Labute approximate surface area is 103 Å². The van der Waals surface area contributed by atoms with Gasteiger partial charge in [0.25, 0.3) is 0 Å². The molecule has 0 radical (unpaired) electrons. The van der Waals surface area contributed by atoms with Crippen LogP contribution in [0.5, 0.6) is 0 Å². The molecule has 1 atom stereocenters. The maximum atomic E-state index is 5.93. The summed E-state index contributed by atoms with van der Waals surface area (Å²) in [4.78, 5) is 8.34. The summed E-state index contributed by atoms with van der Waals surface area (Å²) in [5.74, 6) is 0. The van der Waals surface area contributed by atoms with Crippen LogP contribution in [0.1, 0.15) is 40.2 Å². The molecule has 4 nitrogen and oxygen atoms in total. The Kier molecular flexibility index (Phi) is 4.49. The molecule has 1 unspecified atom stereocenters. The summed E-state index contributed by atoms with van der Waals surface area (Å²) in [5, 5.41) is 0. The molecule has 0 spiro atoms. The van der Waals surface area contributed by atoms with Gasteiger partial charge in [0.15, 0.2) is 0 Å². The second-order valence-electron chi connectivity index (χ2n) is 5.12. The predicted octanol–water partition coefficient (Wildman–Crippen LogP) is 2.75. The number of hydrogen-bond donors (Lipinski definition) is 1. The summed E-state index contributed by atoms with van der Waals surface area (Å²) >= 11 is 0. The molecule has 17 heavy (non-hydrogen) atoms. The van der Waals surface area contributed by atoms with Crippen LogP contribution in [0, 0.1) is 5.41 Å². The molecule has 0 aliphatic heterocycles. The van der Waals surface area contributed by atoms with E-state index in [1.165, 1.54) is 0 Å². The highest BCUT2D eigenvalue weighted by atomic mass is 15.1. The lowest BCUT2D eigenvalue weighted by Gasteiger charge is -2.17. The monoisotopic (exact) mass is 234 g/mol. The van der Waals surface area contributed by atoms with E-state index in [0.717, 1.165) is 12.1 Å². The Morgan fingerprint density at radius 3 is 2.71 bits per heavy atom. The standard InChI is InChI=1S/C13H22N4/c1-5-11(17-7-6-15-10-17)8-16-9-12(14)13(2,3)4/h6-11H,5,14H2,1-4H3/b12-9-,16-8?. The Morgan fingerprint density at radius 1 is 1.53 bits per heavy atom. The van der Waals surface area contributed by atoms with Crippen LogP contribution in [0.3, 0.4) is 0 Å². The van der Waals surface area contributed by atoms with E-state index in [4.69, 9.17) is 5.73 Å². The molecule has 1 aromatic heterocycles. The van der Waals surface area contributed by atoms with Gasteiger partial charge >= 0.3 is 0 Å². The van der Waals surface area contributed by atoms with Gasteiger partial charge in [-0.3, -0.25) is 4.99 Å². The highest BCUT2D eigenvalue weighted by Crippen LogP contribution is 2.20. The van der Waals surface area contributed by atoms with Crippen LogP contribution in [0.4, 0.5) is 0 Å². The third-order valence-corrected chi connectivity index (χ3v) is 2.66. The minimum absolute atomic E-state index is 0.0337. The SMILES string of the molecule is CCC(C=N/C=C(\N)C(C)(C)C)n1ccnc1. The van der Waals surface area contributed by atoms with Gasteiger partial charge in [0.1, 0.15) is 0 Å². The third-order valence-electron chi connectivity index (χ3n) is 2.66. The average molecular weight is 234 g/mol. The maximum Gasteiger partial charge on any atom is 0.0952 e. The van der Waals surface area contributed by atoms with E-state index in [1.807, 2.05) is 17.0 Å². The van der Waals surface area contributed by atoms with Crippen molar-refractivity contribution in [1.29, 1.82) is 0 Å². The zero-order chi connectivity index (χ0) is 12.9. The van der Waals surface area contributed by atoms with E-state index >= 15 is 0 Å². The molecule has 1 aromatic rings. The van der Waals surface area contributed by atoms with E-state index in [2.05, 4.69) is 37.7 Å². The number of nitrogens with two attached hydrogens (primary N) is 1. The zero-order valence-corrected chi connectivity index (χ0v) is 11.1. The van der Waals surface area contributed by atoms with Crippen molar-refractivity contribution < 1.29 is 0 Å².